The van der Waals surface area contributed by atoms with Crippen LogP contribution in [0.2, 0.25) is 0 Å². The smallest absolute Gasteiger partial charge is 0.243 e. The minimum Gasteiger partial charge on any atom is -0.326 e. The second kappa shape index (κ2) is 10.5. The molecule has 3 aromatic carbocycles. The van der Waals surface area contributed by atoms with Gasteiger partial charge in [-0.2, -0.15) is 4.31 Å². The minimum absolute atomic E-state index is 0.0360. The predicted molar refractivity (Wildman–Crippen MR) is 129 cm³/mol. The average molecular weight is 485 g/mol. The molecule has 3 aromatic rings. The summed E-state index contributed by atoms with van der Waals surface area (Å²) in [6.45, 7) is 0.453. The van der Waals surface area contributed by atoms with Crippen LogP contribution >= 0.6 is 11.8 Å². The van der Waals surface area contributed by atoms with Gasteiger partial charge < -0.3 is 5.32 Å². The summed E-state index contributed by atoms with van der Waals surface area (Å²) in [6, 6.07) is 22.6. The number of benzene rings is 3. The van der Waals surface area contributed by atoms with Crippen LogP contribution in [-0.4, -0.2) is 31.7 Å². The molecule has 0 spiro atoms. The van der Waals surface area contributed by atoms with Crippen molar-refractivity contribution in [3.8, 4) is 0 Å². The van der Waals surface area contributed by atoms with E-state index >= 15 is 0 Å². The monoisotopic (exact) mass is 484 g/mol. The number of rotatable bonds is 7. The Kier molecular flexibility index (Phi) is 7.47. The molecule has 0 aliphatic carbocycles. The molecule has 172 valence electrons. The Labute approximate surface area is 198 Å². The number of amides is 1. The quantitative estimate of drug-likeness (QED) is 0.471. The second-order valence-corrected chi connectivity index (χ2v) is 10.9. The van der Waals surface area contributed by atoms with Gasteiger partial charge in [-0.3, -0.25) is 4.79 Å². The molecule has 0 unspecified atom stereocenters. The molecule has 0 radical (unpaired) electrons. The molecule has 4 rings (SSSR count). The third kappa shape index (κ3) is 6.01. The van der Waals surface area contributed by atoms with E-state index in [-0.39, 0.29) is 17.3 Å². The van der Waals surface area contributed by atoms with Crippen molar-refractivity contribution in [1.82, 2.24) is 4.31 Å². The zero-order valence-corrected chi connectivity index (χ0v) is 19.6. The molecule has 1 aliphatic heterocycles. The molecule has 33 heavy (non-hydrogen) atoms. The Hall–Kier alpha value is -2.68. The molecule has 1 N–H and O–H groups in total. The molecule has 5 nitrogen and oxygen atoms in total. The van der Waals surface area contributed by atoms with Crippen LogP contribution in [0.15, 0.2) is 88.7 Å². The van der Waals surface area contributed by atoms with Crippen LogP contribution in [0.5, 0.6) is 0 Å². The molecule has 1 heterocycles. The standard InChI is InChI=1S/C25H25FN2O3S2/c26-21-10-14-24(15-11-21)33(30,31)28-16-4-5-20(17-28)25(29)27-22-12-8-19(9-13-22)18-32-23-6-2-1-3-7-23/h1-3,6-15,20H,4-5,16-18H2,(H,27,29)/t20-/m0/s1. The van der Waals surface area contributed by atoms with E-state index in [1.807, 2.05) is 42.5 Å². The first-order chi connectivity index (χ1) is 15.9. The summed E-state index contributed by atoms with van der Waals surface area (Å²) in [5.74, 6) is -0.297. The SMILES string of the molecule is O=C(Nc1ccc(CSc2ccccc2)cc1)[C@H]1CCCN(S(=O)(=O)c2ccc(F)cc2)C1. The molecule has 1 atom stereocenters. The lowest BCUT2D eigenvalue weighted by molar-refractivity contribution is -0.120. The number of anilines is 1. The summed E-state index contributed by atoms with van der Waals surface area (Å²) in [4.78, 5) is 14.1. The zero-order chi connectivity index (χ0) is 23.3. The molecular formula is C25H25FN2O3S2. The Morgan fingerprint density at radius 1 is 1.00 bits per heavy atom. The highest BCUT2D eigenvalue weighted by Crippen LogP contribution is 2.26. The largest absolute Gasteiger partial charge is 0.326 e. The molecule has 1 saturated heterocycles. The van der Waals surface area contributed by atoms with Gasteiger partial charge in [-0.1, -0.05) is 30.3 Å². The maximum Gasteiger partial charge on any atom is 0.243 e. The van der Waals surface area contributed by atoms with Crippen LogP contribution in [0, 0.1) is 11.7 Å². The highest BCUT2D eigenvalue weighted by Gasteiger charge is 2.33. The van der Waals surface area contributed by atoms with Gasteiger partial charge in [0.1, 0.15) is 5.82 Å². The number of nitrogens with one attached hydrogen (secondary N) is 1. The Balaban J connectivity index is 1.34. The first kappa shape index (κ1) is 23.5. The van der Waals surface area contributed by atoms with E-state index in [1.165, 1.54) is 21.3 Å². The fourth-order valence-electron chi connectivity index (χ4n) is 3.74. The van der Waals surface area contributed by atoms with Crippen molar-refractivity contribution in [2.75, 3.05) is 18.4 Å². The predicted octanol–water partition coefficient (Wildman–Crippen LogP) is 5.16. The lowest BCUT2D eigenvalue weighted by Crippen LogP contribution is -2.43. The number of nitrogens with zero attached hydrogens (tertiary/aromatic N) is 1. The third-order valence-corrected chi connectivity index (χ3v) is 8.54. The van der Waals surface area contributed by atoms with Crippen LogP contribution in [0.1, 0.15) is 18.4 Å². The van der Waals surface area contributed by atoms with Crippen molar-refractivity contribution >= 4 is 33.4 Å². The van der Waals surface area contributed by atoms with Crippen molar-refractivity contribution in [2.45, 2.75) is 28.4 Å². The van der Waals surface area contributed by atoms with Crippen LogP contribution < -0.4 is 5.32 Å². The van der Waals surface area contributed by atoms with Crippen LogP contribution in [0.25, 0.3) is 0 Å². The number of hydrogen-bond acceptors (Lipinski definition) is 4. The van der Waals surface area contributed by atoms with Crippen molar-refractivity contribution < 1.29 is 17.6 Å². The van der Waals surface area contributed by atoms with E-state index in [0.717, 1.165) is 23.4 Å². The first-order valence-corrected chi connectivity index (χ1v) is 13.2. The van der Waals surface area contributed by atoms with E-state index in [1.54, 1.807) is 11.8 Å². The fraction of sp³-hybridized carbons (Fsp3) is 0.240. The van der Waals surface area contributed by atoms with Crippen LogP contribution in [0.4, 0.5) is 10.1 Å². The van der Waals surface area contributed by atoms with Gasteiger partial charge in [0, 0.05) is 29.4 Å². The lowest BCUT2D eigenvalue weighted by Gasteiger charge is -2.31. The van der Waals surface area contributed by atoms with Crippen LogP contribution in [0.3, 0.4) is 0 Å². The fourth-order valence-corrected chi connectivity index (χ4v) is 6.14. The zero-order valence-electron chi connectivity index (χ0n) is 18.0. The Morgan fingerprint density at radius 2 is 1.70 bits per heavy atom. The summed E-state index contributed by atoms with van der Waals surface area (Å²) >= 11 is 1.75. The summed E-state index contributed by atoms with van der Waals surface area (Å²) in [5, 5.41) is 2.92. The Morgan fingerprint density at radius 3 is 2.39 bits per heavy atom. The molecule has 0 saturated carbocycles. The number of hydrogen-bond donors (Lipinski definition) is 1. The molecular weight excluding hydrogens is 459 g/mol. The van der Waals surface area contributed by atoms with Gasteiger partial charge in [0.25, 0.3) is 0 Å². The van der Waals surface area contributed by atoms with Crippen LogP contribution in [-0.2, 0) is 20.6 Å². The maximum absolute atomic E-state index is 13.2. The van der Waals surface area contributed by atoms with Crippen molar-refractivity contribution in [1.29, 1.82) is 0 Å². The molecule has 0 bridgehead atoms. The van der Waals surface area contributed by atoms with Gasteiger partial charge in [-0.15, -0.1) is 11.8 Å². The maximum atomic E-state index is 13.2. The number of carbonyl (C=O) groups excluding carboxylic acids is 1. The van der Waals surface area contributed by atoms with Crippen molar-refractivity contribution in [3.63, 3.8) is 0 Å². The minimum atomic E-state index is -3.77. The molecule has 1 fully saturated rings. The van der Waals surface area contributed by atoms with Gasteiger partial charge in [-0.25, -0.2) is 12.8 Å². The highest BCUT2D eigenvalue weighted by atomic mass is 32.2. The summed E-state index contributed by atoms with van der Waals surface area (Å²) in [5.41, 5.74) is 1.84. The molecule has 1 aliphatic rings. The average Bonchev–Trinajstić information content (AvgIpc) is 2.84. The van der Waals surface area contributed by atoms with E-state index in [4.69, 9.17) is 0 Å². The molecule has 0 aromatic heterocycles. The number of halogens is 1. The number of sulfonamides is 1. The lowest BCUT2D eigenvalue weighted by atomic mass is 9.98. The molecule has 1 amide bonds. The van der Waals surface area contributed by atoms with Gasteiger partial charge in [0.15, 0.2) is 0 Å². The first-order valence-electron chi connectivity index (χ1n) is 10.8. The summed E-state index contributed by atoms with van der Waals surface area (Å²) in [7, 11) is -3.77. The number of carbonyl (C=O) groups is 1. The van der Waals surface area contributed by atoms with E-state index in [2.05, 4.69) is 17.4 Å². The van der Waals surface area contributed by atoms with E-state index in [9.17, 15) is 17.6 Å². The number of piperidine rings is 1. The summed E-state index contributed by atoms with van der Waals surface area (Å²) < 4.78 is 40.3. The normalized spacial score (nSPS) is 16.9. The van der Waals surface area contributed by atoms with Gasteiger partial charge >= 0.3 is 0 Å². The topological polar surface area (TPSA) is 66.5 Å². The van der Waals surface area contributed by atoms with Gasteiger partial charge in [0.2, 0.25) is 15.9 Å². The Bertz CT molecular complexity index is 1180. The summed E-state index contributed by atoms with van der Waals surface area (Å²) in [6.07, 6.45) is 1.21. The third-order valence-electron chi connectivity index (χ3n) is 5.58. The van der Waals surface area contributed by atoms with E-state index < -0.39 is 21.8 Å². The molecule has 8 heteroatoms. The van der Waals surface area contributed by atoms with Crippen molar-refractivity contribution in [3.05, 3.63) is 90.2 Å². The van der Waals surface area contributed by atoms with E-state index in [0.29, 0.717) is 25.1 Å². The second-order valence-electron chi connectivity index (χ2n) is 7.94. The number of thioether (sulfide) groups is 1. The van der Waals surface area contributed by atoms with Crippen molar-refractivity contribution in [2.24, 2.45) is 5.92 Å². The van der Waals surface area contributed by atoms with Gasteiger partial charge in [0.05, 0.1) is 10.8 Å². The highest BCUT2D eigenvalue weighted by molar-refractivity contribution is 7.98. The van der Waals surface area contributed by atoms with Gasteiger partial charge in [-0.05, 0) is 66.9 Å².